The molecule has 0 bridgehead atoms. The fourth-order valence-corrected chi connectivity index (χ4v) is 3.12. The maximum atomic E-state index is 12.3. The van der Waals surface area contributed by atoms with Crippen molar-refractivity contribution in [2.45, 2.75) is 64.5 Å². The summed E-state index contributed by atoms with van der Waals surface area (Å²) in [5, 5.41) is 2.73. The van der Waals surface area contributed by atoms with Crippen LogP contribution in [0.25, 0.3) is 0 Å². The molecule has 7 heteroatoms. The second-order valence-electron chi connectivity index (χ2n) is 6.04. The van der Waals surface area contributed by atoms with Crippen LogP contribution in [0.4, 0.5) is 4.79 Å². The van der Waals surface area contributed by atoms with Crippen LogP contribution >= 0.6 is 0 Å². The van der Waals surface area contributed by atoms with Crippen LogP contribution in [0, 0.1) is 0 Å². The topological polar surface area (TPSA) is 86.8 Å². The van der Waals surface area contributed by atoms with Gasteiger partial charge in [-0.1, -0.05) is 26.2 Å². The number of nitrogens with one attached hydrogen (secondary N) is 1. The Morgan fingerprint density at radius 3 is 2.45 bits per heavy atom. The Morgan fingerprint density at radius 1 is 1.23 bits per heavy atom. The van der Waals surface area contributed by atoms with Crippen LogP contribution in [0.3, 0.4) is 0 Å². The average Bonchev–Trinajstić information content (AvgIpc) is 3.03. The Labute approximate surface area is 130 Å². The van der Waals surface area contributed by atoms with Crippen LogP contribution in [-0.2, 0) is 14.4 Å². The number of rotatable bonds is 6. The van der Waals surface area contributed by atoms with Crippen molar-refractivity contribution in [2.75, 3.05) is 6.54 Å². The third kappa shape index (κ3) is 3.28. The number of amides is 5. The predicted octanol–water partition coefficient (Wildman–Crippen LogP) is 1.02. The van der Waals surface area contributed by atoms with E-state index in [0.29, 0.717) is 0 Å². The lowest BCUT2D eigenvalue weighted by molar-refractivity contribution is -0.144. The third-order valence-corrected chi connectivity index (χ3v) is 4.20. The first kappa shape index (κ1) is 16.5. The third-order valence-electron chi connectivity index (χ3n) is 4.20. The summed E-state index contributed by atoms with van der Waals surface area (Å²) < 4.78 is 0. The van der Waals surface area contributed by atoms with Crippen molar-refractivity contribution in [3.63, 3.8) is 0 Å². The summed E-state index contributed by atoms with van der Waals surface area (Å²) in [6.07, 6.45) is 5.12. The van der Waals surface area contributed by atoms with Crippen molar-refractivity contribution in [1.82, 2.24) is 15.1 Å². The number of hydrogen-bond acceptors (Lipinski definition) is 4. The Kier molecular flexibility index (Phi) is 5.15. The smallest absolute Gasteiger partial charge is 0.334 e. The summed E-state index contributed by atoms with van der Waals surface area (Å²) in [4.78, 5) is 50.0. The van der Waals surface area contributed by atoms with Crippen LogP contribution in [0.1, 0.15) is 52.4 Å². The highest BCUT2D eigenvalue weighted by Crippen LogP contribution is 2.27. The maximum Gasteiger partial charge on any atom is 0.334 e. The van der Waals surface area contributed by atoms with Gasteiger partial charge >= 0.3 is 17.8 Å². The summed E-state index contributed by atoms with van der Waals surface area (Å²) >= 11 is 0. The molecule has 0 aromatic carbocycles. The van der Waals surface area contributed by atoms with Gasteiger partial charge < -0.3 is 5.32 Å². The first-order valence-electron chi connectivity index (χ1n) is 7.94. The molecule has 2 aliphatic rings. The lowest BCUT2D eigenvalue weighted by Crippen LogP contribution is -2.44. The van der Waals surface area contributed by atoms with Crippen LogP contribution in [0.15, 0.2) is 0 Å². The first-order valence-corrected chi connectivity index (χ1v) is 7.94. The fraction of sp³-hybridized carbons (Fsp3) is 0.733. The standard InChI is InChI=1S/C15H23N3O4/c1-3-6-10(2)16-12(19)9-17-13(20)14(21)18(15(17)22)11-7-4-5-8-11/h10-11H,3-9H2,1-2H3,(H,16,19)/t10-/m0/s1. The molecule has 0 aromatic rings. The summed E-state index contributed by atoms with van der Waals surface area (Å²) in [6, 6.07) is -0.872. The Balaban J connectivity index is 1.99. The normalized spacial score (nSPS) is 20.9. The van der Waals surface area contributed by atoms with E-state index in [1.54, 1.807) is 0 Å². The van der Waals surface area contributed by atoms with Crippen LogP contribution in [0.2, 0.25) is 0 Å². The molecule has 7 nitrogen and oxygen atoms in total. The highest BCUT2D eigenvalue weighted by atomic mass is 16.2. The van der Waals surface area contributed by atoms with E-state index in [1.807, 2.05) is 13.8 Å². The molecule has 1 saturated carbocycles. The number of imide groups is 2. The van der Waals surface area contributed by atoms with Crippen molar-refractivity contribution in [3.05, 3.63) is 0 Å². The maximum absolute atomic E-state index is 12.3. The van der Waals surface area contributed by atoms with Gasteiger partial charge in [0.1, 0.15) is 6.54 Å². The molecule has 0 spiro atoms. The van der Waals surface area contributed by atoms with E-state index in [0.717, 1.165) is 48.3 Å². The van der Waals surface area contributed by atoms with Crippen LogP contribution in [-0.4, -0.2) is 52.2 Å². The van der Waals surface area contributed by atoms with Crippen LogP contribution < -0.4 is 5.32 Å². The second-order valence-corrected chi connectivity index (χ2v) is 6.04. The Bertz CT molecular complexity index is 485. The van der Waals surface area contributed by atoms with E-state index in [1.165, 1.54) is 0 Å². The molecule has 1 atom stereocenters. The summed E-state index contributed by atoms with van der Waals surface area (Å²) in [6.45, 7) is 3.49. The highest BCUT2D eigenvalue weighted by Gasteiger charge is 2.48. The van der Waals surface area contributed by atoms with E-state index in [-0.39, 0.29) is 18.6 Å². The SMILES string of the molecule is CCC[C@H](C)NC(=O)CN1C(=O)C(=O)N(C2CCCC2)C1=O. The van der Waals surface area contributed by atoms with Gasteiger partial charge in [0.25, 0.3) is 0 Å². The zero-order chi connectivity index (χ0) is 16.3. The highest BCUT2D eigenvalue weighted by molar-refractivity contribution is 6.45. The van der Waals surface area contributed by atoms with Crippen molar-refractivity contribution in [1.29, 1.82) is 0 Å². The zero-order valence-electron chi connectivity index (χ0n) is 13.1. The molecule has 0 aromatic heterocycles. The molecule has 5 amide bonds. The number of carbonyl (C=O) groups is 4. The Morgan fingerprint density at radius 2 is 1.86 bits per heavy atom. The number of carbonyl (C=O) groups excluding carboxylic acids is 4. The molecule has 1 heterocycles. The van der Waals surface area contributed by atoms with Crippen molar-refractivity contribution in [2.24, 2.45) is 0 Å². The molecule has 1 saturated heterocycles. The first-order chi connectivity index (χ1) is 10.5. The second kappa shape index (κ2) is 6.89. The molecule has 0 unspecified atom stereocenters. The Hall–Kier alpha value is -1.92. The molecule has 2 fully saturated rings. The number of nitrogens with zero attached hydrogens (tertiary/aromatic N) is 2. The van der Waals surface area contributed by atoms with Gasteiger partial charge in [-0.15, -0.1) is 0 Å². The average molecular weight is 309 g/mol. The molecule has 1 N–H and O–H groups in total. The van der Waals surface area contributed by atoms with Crippen molar-refractivity contribution < 1.29 is 19.2 Å². The van der Waals surface area contributed by atoms with E-state index >= 15 is 0 Å². The summed E-state index contributed by atoms with van der Waals surface area (Å²) in [5.74, 6) is -2.11. The summed E-state index contributed by atoms with van der Waals surface area (Å²) in [7, 11) is 0. The largest absolute Gasteiger partial charge is 0.352 e. The molecule has 2 rings (SSSR count). The molecular weight excluding hydrogens is 286 g/mol. The minimum atomic E-state index is -0.893. The van der Waals surface area contributed by atoms with Crippen molar-refractivity contribution in [3.8, 4) is 0 Å². The molecule has 1 aliphatic carbocycles. The zero-order valence-corrected chi connectivity index (χ0v) is 13.1. The number of urea groups is 1. The predicted molar refractivity (Wildman–Crippen MR) is 78.7 cm³/mol. The van der Waals surface area contributed by atoms with Gasteiger partial charge in [0.05, 0.1) is 0 Å². The minimum Gasteiger partial charge on any atom is -0.352 e. The van der Waals surface area contributed by atoms with Crippen molar-refractivity contribution >= 4 is 23.8 Å². The van der Waals surface area contributed by atoms with Crippen LogP contribution in [0.5, 0.6) is 0 Å². The van der Waals surface area contributed by atoms with Gasteiger partial charge in [0.2, 0.25) is 5.91 Å². The summed E-state index contributed by atoms with van der Waals surface area (Å²) in [5.41, 5.74) is 0. The molecule has 22 heavy (non-hydrogen) atoms. The van der Waals surface area contributed by atoms with E-state index in [9.17, 15) is 19.2 Å². The molecule has 1 aliphatic heterocycles. The van der Waals surface area contributed by atoms with Gasteiger partial charge in [-0.25, -0.2) is 9.69 Å². The van der Waals surface area contributed by atoms with Gasteiger partial charge in [-0.2, -0.15) is 0 Å². The number of hydrogen-bond donors (Lipinski definition) is 1. The lowest BCUT2D eigenvalue weighted by atomic mass is 10.2. The van der Waals surface area contributed by atoms with E-state index < -0.39 is 23.8 Å². The van der Waals surface area contributed by atoms with Gasteiger partial charge in [-0.3, -0.25) is 19.3 Å². The molecular formula is C15H23N3O4. The minimum absolute atomic E-state index is 0.0213. The van der Waals surface area contributed by atoms with Gasteiger partial charge in [0, 0.05) is 12.1 Å². The fourth-order valence-electron chi connectivity index (χ4n) is 3.12. The van der Waals surface area contributed by atoms with E-state index in [2.05, 4.69) is 5.32 Å². The van der Waals surface area contributed by atoms with E-state index in [4.69, 9.17) is 0 Å². The quantitative estimate of drug-likeness (QED) is 0.586. The van der Waals surface area contributed by atoms with Gasteiger partial charge in [-0.05, 0) is 26.2 Å². The van der Waals surface area contributed by atoms with Gasteiger partial charge in [0.15, 0.2) is 0 Å². The molecule has 0 radical (unpaired) electrons. The monoisotopic (exact) mass is 309 g/mol. The lowest BCUT2D eigenvalue weighted by Gasteiger charge is -2.21. The molecule has 122 valence electrons.